The molecule has 0 atom stereocenters. The lowest BCUT2D eigenvalue weighted by molar-refractivity contribution is -0.136. The molecule has 104 valence electrons. The second-order valence-electron chi connectivity index (χ2n) is 4.23. The lowest BCUT2D eigenvalue weighted by Crippen LogP contribution is -2.01. The molecule has 0 fully saturated rings. The van der Waals surface area contributed by atoms with E-state index in [1.165, 1.54) is 19.2 Å². The first kappa shape index (κ1) is 14.0. The van der Waals surface area contributed by atoms with Crippen molar-refractivity contribution in [1.29, 1.82) is 0 Å². The molecule has 0 heterocycles. The summed E-state index contributed by atoms with van der Waals surface area (Å²) in [5, 5.41) is 8.79. The summed E-state index contributed by atoms with van der Waals surface area (Å²) in [7, 11) is 1.43. The second kappa shape index (κ2) is 5.69. The van der Waals surface area contributed by atoms with Gasteiger partial charge >= 0.3 is 5.97 Å². The standard InChI is InChI=1S/C15H12F2O3/c1-20-14-5-2-9(7-15(18)19)6-12(14)11-4-3-10(16)8-13(11)17/h2-6,8H,7H2,1H3,(H,18,19). The quantitative estimate of drug-likeness (QED) is 0.933. The molecule has 2 aromatic rings. The van der Waals surface area contributed by atoms with Crippen LogP contribution >= 0.6 is 0 Å². The van der Waals surface area contributed by atoms with Crippen molar-refractivity contribution in [1.82, 2.24) is 0 Å². The fourth-order valence-electron chi connectivity index (χ4n) is 1.96. The van der Waals surface area contributed by atoms with Crippen molar-refractivity contribution >= 4 is 5.97 Å². The van der Waals surface area contributed by atoms with Gasteiger partial charge in [0.05, 0.1) is 13.5 Å². The fraction of sp³-hybridized carbons (Fsp3) is 0.133. The zero-order valence-electron chi connectivity index (χ0n) is 10.7. The van der Waals surface area contributed by atoms with Gasteiger partial charge in [0.25, 0.3) is 0 Å². The van der Waals surface area contributed by atoms with Gasteiger partial charge in [-0.2, -0.15) is 0 Å². The molecule has 2 rings (SSSR count). The van der Waals surface area contributed by atoms with Gasteiger partial charge in [0, 0.05) is 17.2 Å². The molecule has 0 unspecified atom stereocenters. The maximum absolute atomic E-state index is 13.8. The van der Waals surface area contributed by atoms with Crippen molar-refractivity contribution in [2.45, 2.75) is 6.42 Å². The van der Waals surface area contributed by atoms with E-state index in [2.05, 4.69) is 0 Å². The van der Waals surface area contributed by atoms with Crippen LogP contribution in [0.25, 0.3) is 11.1 Å². The molecule has 0 aliphatic rings. The summed E-state index contributed by atoms with van der Waals surface area (Å²) in [6.45, 7) is 0. The van der Waals surface area contributed by atoms with Gasteiger partial charge in [0.15, 0.2) is 0 Å². The van der Waals surface area contributed by atoms with Gasteiger partial charge in [-0.3, -0.25) is 4.79 Å². The summed E-state index contributed by atoms with van der Waals surface area (Å²) in [4.78, 5) is 10.7. The van der Waals surface area contributed by atoms with Gasteiger partial charge < -0.3 is 9.84 Å². The van der Waals surface area contributed by atoms with E-state index in [1.54, 1.807) is 12.1 Å². The first-order chi connectivity index (χ1) is 9.51. The summed E-state index contributed by atoms with van der Waals surface area (Å²) < 4.78 is 31.9. The number of carboxylic acid groups (broad SMARTS) is 1. The number of carboxylic acids is 1. The summed E-state index contributed by atoms with van der Waals surface area (Å²) in [6, 6.07) is 7.91. The monoisotopic (exact) mass is 278 g/mol. The van der Waals surface area contributed by atoms with Crippen molar-refractivity contribution in [2.75, 3.05) is 7.11 Å². The molecule has 0 aliphatic heterocycles. The normalized spacial score (nSPS) is 10.3. The number of aliphatic carboxylic acids is 1. The molecule has 3 nitrogen and oxygen atoms in total. The SMILES string of the molecule is COc1ccc(CC(=O)O)cc1-c1ccc(F)cc1F. The van der Waals surface area contributed by atoms with E-state index in [1.807, 2.05) is 0 Å². The van der Waals surface area contributed by atoms with Crippen LogP contribution in [0, 0.1) is 11.6 Å². The Balaban J connectivity index is 2.55. The Morgan fingerprint density at radius 3 is 2.50 bits per heavy atom. The predicted octanol–water partition coefficient (Wildman–Crippen LogP) is 3.27. The van der Waals surface area contributed by atoms with E-state index in [0.29, 0.717) is 16.9 Å². The minimum Gasteiger partial charge on any atom is -0.496 e. The summed E-state index contributed by atoms with van der Waals surface area (Å²) in [5.74, 6) is -1.99. The van der Waals surface area contributed by atoms with Crippen molar-refractivity contribution < 1.29 is 23.4 Å². The molecule has 20 heavy (non-hydrogen) atoms. The molecule has 0 amide bonds. The smallest absolute Gasteiger partial charge is 0.307 e. The van der Waals surface area contributed by atoms with E-state index in [4.69, 9.17) is 9.84 Å². The van der Waals surface area contributed by atoms with Gasteiger partial charge in [-0.05, 0) is 29.8 Å². The molecule has 0 bridgehead atoms. The first-order valence-electron chi connectivity index (χ1n) is 5.85. The fourth-order valence-corrected chi connectivity index (χ4v) is 1.96. The predicted molar refractivity (Wildman–Crippen MR) is 69.7 cm³/mol. The van der Waals surface area contributed by atoms with Crippen molar-refractivity contribution in [3.8, 4) is 16.9 Å². The van der Waals surface area contributed by atoms with Gasteiger partial charge in [0.2, 0.25) is 0 Å². The highest BCUT2D eigenvalue weighted by Crippen LogP contribution is 2.33. The number of rotatable bonds is 4. The van der Waals surface area contributed by atoms with Gasteiger partial charge in [-0.25, -0.2) is 8.78 Å². The zero-order valence-corrected chi connectivity index (χ0v) is 10.7. The number of halogens is 2. The lowest BCUT2D eigenvalue weighted by atomic mass is 10.00. The molecule has 0 aromatic heterocycles. The van der Waals surface area contributed by atoms with Crippen LogP contribution in [0.15, 0.2) is 36.4 Å². The molecular weight excluding hydrogens is 266 g/mol. The van der Waals surface area contributed by atoms with Crippen LogP contribution in [0.4, 0.5) is 8.78 Å². The minimum absolute atomic E-state index is 0.162. The van der Waals surface area contributed by atoms with Gasteiger partial charge in [-0.1, -0.05) is 6.07 Å². The average Bonchev–Trinajstić information content (AvgIpc) is 2.38. The number of carbonyl (C=O) groups is 1. The summed E-state index contributed by atoms with van der Waals surface area (Å²) >= 11 is 0. The third-order valence-electron chi connectivity index (χ3n) is 2.84. The number of hydrogen-bond donors (Lipinski definition) is 1. The molecule has 0 aliphatic carbocycles. The van der Waals surface area contributed by atoms with Crippen molar-refractivity contribution in [2.24, 2.45) is 0 Å². The van der Waals surface area contributed by atoms with Crippen molar-refractivity contribution in [3.63, 3.8) is 0 Å². The maximum Gasteiger partial charge on any atom is 0.307 e. The Morgan fingerprint density at radius 1 is 1.15 bits per heavy atom. The molecule has 5 heteroatoms. The molecule has 0 saturated carbocycles. The van der Waals surface area contributed by atoms with E-state index in [0.717, 1.165) is 12.1 Å². The Morgan fingerprint density at radius 2 is 1.90 bits per heavy atom. The highest BCUT2D eigenvalue weighted by molar-refractivity contribution is 5.75. The van der Waals surface area contributed by atoms with Crippen LogP contribution in [0.1, 0.15) is 5.56 Å². The van der Waals surface area contributed by atoms with Gasteiger partial charge in [0.1, 0.15) is 17.4 Å². The highest BCUT2D eigenvalue weighted by Gasteiger charge is 2.13. The van der Waals surface area contributed by atoms with Crippen molar-refractivity contribution in [3.05, 3.63) is 53.6 Å². The minimum atomic E-state index is -0.985. The molecule has 1 N–H and O–H groups in total. The third kappa shape index (κ3) is 2.93. The van der Waals surface area contributed by atoms with Crippen LogP contribution in [-0.2, 0) is 11.2 Å². The number of ether oxygens (including phenoxy) is 1. The molecular formula is C15H12F2O3. The van der Waals surface area contributed by atoms with E-state index in [9.17, 15) is 13.6 Å². The van der Waals surface area contributed by atoms with E-state index < -0.39 is 17.6 Å². The maximum atomic E-state index is 13.8. The van der Waals surface area contributed by atoms with Gasteiger partial charge in [-0.15, -0.1) is 0 Å². The summed E-state index contributed by atoms with van der Waals surface area (Å²) in [5.41, 5.74) is 1.07. The van der Waals surface area contributed by atoms with Crippen LogP contribution in [0.5, 0.6) is 5.75 Å². The average molecular weight is 278 g/mol. The Hall–Kier alpha value is -2.43. The third-order valence-corrected chi connectivity index (χ3v) is 2.84. The van der Waals surface area contributed by atoms with Crippen LogP contribution in [0.3, 0.4) is 0 Å². The molecule has 0 spiro atoms. The molecule has 0 radical (unpaired) electrons. The van der Waals surface area contributed by atoms with Crippen LogP contribution < -0.4 is 4.74 Å². The largest absolute Gasteiger partial charge is 0.496 e. The van der Waals surface area contributed by atoms with E-state index in [-0.39, 0.29) is 12.0 Å². The van der Waals surface area contributed by atoms with Crippen LogP contribution in [-0.4, -0.2) is 18.2 Å². The Bertz CT molecular complexity index is 654. The molecule has 0 saturated heterocycles. The van der Waals surface area contributed by atoms with Crippen LogP contribution in [0.2, 0.25) is 0 Å². The lowest BCUT2D eigenvalue weighted by Gasteiger charge is -2.11. The van der Waals surface area contributed by atoms with E-state index >= 15 is 0 Å². The zero-order chi connectivity index (χ0) is 14.7. The number of benzene rings is 2. The topological polar surface area (TPSA) is 46.5 Å². The number of hydrogen-bond acceptors (Lipinski definition) is 2. The molecule has 2 aromatic carbocycles. The summed E-state index contributed by atoms with van der Waals surface area (Å²) in [6.07, 6.45) is -0.181. The second-order valence-corrected chi connectivity index (χ2v) is 4.23. The first-order valence-corrected chi connectivity index (χ1v) is 5.85. The Labute approximate surface area is 114 Å². The Kier molecular flexibility index (Phi) is 3.98. The highest BCUT2D eigenvalue weighted by atomic mass is 19.1. The number of methoxy groups -OCH3 is 1.